The summed E-state index contributed by atoms with van der Waals surface area (Å²) >= 11 is 1.01. The maximum Gasteiger partial charge on any atom is 0.284 e. The molecule has 23 heavy (non-hydrogen) atoms. The zero-order valence-electron chi connectivity index (χ0n) is 11.4. The van der Waals surface area contributed by atoms with Crippen molar-refractivity contribution in [3.05, 3.63) is 52.7 Å². The van der Waals surface area contributed by atoms with E-state index in [0.29, 0.717) is 10.8 Å². The monoisotopic (exact) mass is 351 g/mol. The number of benzene rings is 1. The largest absolute Gasteiger partial charge is 0.284 e. The fraction of sp³-hybridized carbons (Fsp3) is 0. The quantitative estimate of drug-likeness (QED) is 0.555. The molecule has 0 saturated heterocycles. The van der Waals surface area contributed by atoms with Crippen LogP contribution in [0.15, 0.2) is 57.5 Å². The maximum atomic E-state index is 11.3. The van der Waals surface area contributed by atoms with E-state index < -0.39 is 14.9 Å². The molecular weight excluding hydrogens is 342 g/mol. The molecule has 0 atom stereocenters. The number of rotatable bonds is 4. The molecule has 0 saturated carbocycles. The van der Waals surface area contributed by atoms with Crippen LogP contribution in [0.25, 0.3) is 5.65 Å². The fourth-order valence-electron chi connectivity index (χ4n) is 1.89. The number of hydrogen-bond donors (Lipinski definition) is 1. The Bertz CT molecular complexity index is 1020. The predicted molar refractivity (Wildman–Crippen MR) is 81.6 cm³/mol. The number of fused-ring (bicyclic) bond motifs is 1. The first-order valence-corrected chi connectivity index (χ1v) is 8.51. The van der Waals surface area contributed by atoms with Crippen molar-refractivity contribution >= 4 is 33.1 Å². The molecule has 0 fully saturated rings. The third-order valence-corrected chi connectivity index (χ3v) is 4.88. The maximum absolute atomic E-state index is 11.3. The Morgan fingerprint density at radius 3 is 2.70 bits per heavy atom. The Balaban J connectivity index is 2.08. The molecule has 0 aliphatic rings. The van der Waals surface area contributed by atoms with Gasteiger partial charge in [-0.1, -0.05) is 6.07 Å². The Kier molecular flexibility index (Phi) is 3.75. The second-order valence-electron chi connectivity index (χ2n) is 4.45. The van der Waals surface area contributed by atoms with Gasteiger partial charge in [0.2, 0.25) is 15.2 Å². The molecule has 9 nitrogen and oxygen atoms in total. The number of nitro benzene ring substituents is 1. The molecule has 118 valence electrons. The molecule has 0 aliphatic carbocycles. The van der Waals surface area contributed by atoms with E-state index in [4.69, 9.17) is 5.14 Å². The highest BCUT2D eigenvalue weighted by atomic mass is 32.2. The predicted octanol–water partition coefficient (Wildman–Crippen LogP) is 1.44. The first-order chi connectivity index (χ1) is 10.9. The third kappa shape index (κ3) is 3.02. The van der Waals surface area contributed by atoms with Crippen molar-refractivity contribution in [3.63, 3.8) is 0 Å². The van der Waals surface area contributed by atoms with Crippen molar-refractivity contribution in [1.29, 1.82) is 0 Å². The molecule has 11 heteroatoms. The summed E-state index contributed by atoms with van der Waals surface area (Å²) in [5.41, 5.74) is 0.230. The molecule has 2 aromatic heterocycles. The second kappa shape index (κ2) is 5.61. The van der Waals surface area contributed by atoms with Crippen LogP contribution in [0.5, 0.6) is 0 Å². The summed E-state index contributed by atoms with van der Waals surface area (Å²) in [4.78, 5) is 10.5. The number of sulfonamides is 1. The highest BCUT2D eigenvalue weighted by Crippen LogP contribution is 2.35. The summed E-state index contributed by atoms with van der Waals surface area (Å²) < 4.78 is 24.3. The Morgan fingerprint density at radius 1 is 1.22 bits per heavy atom. The highest BCUT2D eigenvalue weighted by Gasteiger charge is 2.21. The van der Waals surface area contributed by atoms with E-state index in [9.17, 15) is 18.5 Å². The summed E-state index contributed by atoms with van der Waals surface area (Å²) in [6, 6.07) is 8.79. The Morgan fingerprint density at radius 2 is 2.00 bits per heavy atom. The minimum absolute atomic E-state index is 0.237. The summed E-state index contributed by atoms with van der Waals surface area (Å²) in [7, 11) is -4.02. The van der Waals surface area contributed by atoms with E-state index in [1.165, 1.54) is 12.1 Å². The summed E-state index contributed by atoms with van der Waals surface area (Å²) in [5.74, 6) is 0. The molecule has 3 rings (SSSR count). The van der Waals surface area contributed by atoms with E-state index in [1.807, 2.05) is 0 Å². The topological polar surface area (TPSA) is 133 Å². The zero-order valence-corrected chi connectivity index (χ0v) is 13.0. The smallest absolute Gasteiger partial charge is 0.277 e. The standard InChI is InChI=1S/C12H9N5O4S2/c13-23(20,21)8-4-5-10(9(7-8)17(18)19)22-12-15-14-11-3-1-2-6-16(11)12/h1-7H,(H2,13,20,21). The molecule has 2 heterocycles. The van der Waals surface area contributed by atoms with Gasteiger partial charge in [0.15, 0.2) is 5.65 Å². The SMILES string of the molecule is NS(=O)(=O)c1ccc(Sc2nnc3ccccn23)c([N+](=O)[O-])c1. The minimum atomic E-state index is -4.02. The van der Waals surface area contributed by atoms with Gasteiger partial charge < -0.3 is 0 Å². The van der Waals surface area contributed by atoms with Crippen LogP contribution >= 0.6 is 11.8 Å². The molecule has 3 aromatic rings. The molecule has 2 N–H and O–H groups in total. The van der Waals surface area contributed by atoms with Crippen LogP contribution in [-0.4, -0.2) is 27.9 Å². The lowest BCUT2D eigenvalue weighted by Gasteiger charge is -2.04. The number of primary sulfonamides is 1. The van der Waals surface area contributed by atoms with Gasteiger partial charge in [-0.25, -0.2) is 13.6 Å². The minimum Gasteiger partial charge on any atom is -0.277 e. The summed E-state index contributed by atoms with van der Waals surface area (Å²) in [6.07, 6.45) is 1.72. The lowest BCUT2D eigenvalue weighted by Crippen LogP contribution is -2.12. The Labute approximate surface area is 134 Å². The van der Waals surface area contributed by atoms with Crippen molar-refractivity contribution in [3.8, 4) is 0 Å². The van der Waals surface area contributed by atoms with Gasteiger partial charge in [0.25, 0.3) is 5.69 Å². The van der Waals surface area contributed by atoms with Gasteiger partial charge in [0.05, 0.1) is 14.7 Å². The number of nitrogens with zero attached hydrogens (tertiary/aromatic N) is 4. The normalized spacial score (nSPS) is 11.7. The van der Waals surface area contributed by atoms with Gasteiger partial charge in [-0.2, -0.15) is 0 Å². The fourth-order valence-corrected chi connectivity index (χ4v) is 3.33. The van der Waals surface area contributed by atoms with Gasteiger partial charge in [0, 0.05) is 12.3 Å². The first kappa shape index (κ1) is 15.4. The van der Waals surface area contributed by atoms with E-state index in [0.717, 1.165) is 17.8 Å². The average molecular weight is 351 g/mol. The molecule has 1 aromatic carbocycles. The Hall–Kier alpha value is -2.50. The van der Waals surface area contributed by atoms with Crippen LogP contribution in [-0.2, 0) is 10.0 Å². The van der Waals surface area contributed by atoms with Crippen molar-refractivity contribution in [1.82, 2.24) is 14.6 Å². The molecular formula is C12H9N5O4S2. The van der Waals surface area contributed by atoms with Crippen LogP contribution in [0.1, 0.15) is 0 Å². The molecule has 0 spiro atoms. The second-order valence-corrected chi connectivity index (χ2v) is 7.02. The van der Waals surface area contributed by atoms with E-state index in [-0.39, 0.29) is 15.5 Å². The number of nitrogens with two attached hydrogens (primary N) is 1. The third-order valence-electron chi connectivity index (χ3n) is 2.94. The van der Waals surface area contributed by atoms with E-state index in [2.05, 4.69) is 10.2 Å². The van der Waals surface area contributed by atoms with Gasteiger partial charge in [0.1, 0.15) is 0 Å². The summed E-state index contributed by atoms with van der Waals surface area (Å²) in [5, 5.41) is 24.6. The van der Waals surface area contributed by atoms with Crippen molar-refractivity contribution in [2.45, 2.75) is 14.9 Å². The number of hydrogen-bond acceptors (Lipinski definition) is 7. The molecule has 0 bridgehead atoms. The number of pyridine rings is 1. The zero-order chi connectivity index (χ0) is 16.6. The van der Waals surface area contributed by atoms with Gasteiger partial charge in [-0.05, 0) is 36.0 Å². The summed E-state index contributed by atoms with van der Waals surface area (Å²) in [6.45, 7) is 0. The molecule has 0 amide bonds. The average Bonchev–Trinajstić information content (AvgIpc) is 2.90. The van der Waals surface area contributed by atoms with Gasteiger partial charge in [-0.15, -0.1) is 10.2 Å². The highest BCUT2D eigenvalue weighted by molar-refractivity contribution is 7.99. The number of nitro groups is 1. The van der Waals surface area contributed by atoms with Gasteiger partial charge in [-0.3, -0.25) is 14.5 Å². The number of aromatic nitrogens is 3. The lowest BCUT2D eigenvalue weighted by atomic mass is 10.3. The first-order valence-electron chi connectivity index (χ1n) is 6.15. The van der Waals surface area contributed by atoms with Crippen LogP contribution in [0.3, 0.4) is 0 Å². The molecule has 0 radical (unpaired) electrons. The van der Waals surface area contributed by atoms with E-state index >= 15 is 0 Å². The van der Waals surface area contributed by atoms with Crippen LogP contribution in [0.4, 0.5) is 5.69 Å². The van der Waals surface area contributed by atoms with Crippen molar-refractivity contribution < 1.29 is 13.3 Å². The van der Waals surface area contributed by atoms with Crippen molar-refractivity contribution in [2.24, 2.45) is 5.14 Å². The van der Waals surface area contributed by atoms with E-state index in [1.54, 1.807) is 28.8 Å². The van der Waals surface area contributed by atoms with Gasteiger partial charge >= 0.3 is 0 Å². The van der Waals surface area contributed by atoms with Crippen LogP contribution < -0.4 is 5.14 Å². The lowest BCUT2D eigenvalue weighted by molar-refractivity contribution is -0.388. The van der Waals surface area contributed by atoms with Crippen LogP contribution in [0.2, 0.25) is 0 Å². The molecule has 0 aliphatic heterocycles. The van der Waals surface area contributed by atoms with Crippen LogP contribution in [0, 0.1) is 10.1 Å². The van der Waals surface area contributed by atoms with Crippen molar-refractivity contribution in [2.75, 3.05) is 0 Å². The molecule has 0 unspecified atom stereocenters.